The molecule has 0 aromatic heterocycles. The highest BCUT2D eigenvalue weighted by Gasteiger charge is 2.36. The number of amides is 1. The molecular weight excluding hydrogens is 364 g/mol. The van der Waals surface area contributed by atoms with Crippen LogP contribution < -0.4 is 14.4 Å². The predicted octanol–water partition coefficient (Wildman–Crippen LogP) is 2.97. The van der Waals surface area contributed by atoms with Crippen LogP contribution >= 0.6 is 0 Å². The largest absolute Gasteiger partial charge is 0.496 e. The third-order valence-electron chi connectivity index (χ3n) is 4.54. The molecule has 0 saturated heterocycles. The monoisotopic (exact) mass is 388 g/mol. The summed E-state index contributed by atoms with van der Waals surface area (Å²) in [5, 5.41) is 2.78. The van der Waals surface area contributed by atoms with Crippen molar-refractivity contribution in [2.24, 2.45) is 0 Å². The maximum absolute atomic E-state index is 13.4. The van der Waals surface area contributed by atoms with Crippen LogP contribution in [0, 0.1) is 0 Å². The van der Waals surface area contributed by atoms with Gasteiger partial charge in [-0.2, -0.15) is 0 Å². The van der Waals surface area contributed by atoms with E-state index in [0.717, 1.165) is 5.56 Å². The molecule has 0 bridgehead atoms. The van der Waals surface area contributed by atoms with Gasteiger partial charge in [0.05, 0.1) is 23.3 Å². The van der Waals surface area contributed by atoms with Crippen molar-refractivity contribution in [2.45, 2.75) is 44.2 Å². The summed E-state index contributed by atoms with van der Waals surface area (Å²) in [6.07, 6.45) is 0.659. The van der Waals surface area contributed by atoms with Gasteiger partial charge in [0, 0.05) is 12.1 Å². The topological polar surface area (TPSA) is 75.7 Å². The van der Waals surface area contributed by atoms with Crippen LogP contribution in [0.2, 0.25) is 0 Å². The molecule has 6 nitrogen and oxygen atoms in total. The second-order valence-corrected chi connectivity index (χ2v) is 8.79. The molecule has 2 aromatic carbocycles. The van der Waals surface area contributed by atoms with Crippen molar-refractivity contribution in [1.29, 1.82) is 0 Å². The molecule has 2 aromatic rings. The zero-order valence-corrected chi connectivity index (χ0v) is 16.7. The summed E-state index contributed by atoms with van der Waals surface area (Å²) in [5.74, 6) is -0.0317. The number of benzene rings is 2. The lowest BCUT2D eigenvalue weighted by Gasteiger charge is -2.25. The number of ether oxygens (including phenoxy) is 1. The van der Waals surface area contributed by atoms with Gasteiger partial charge in [0.1, 0.15) is 5.75 Å². The minimum Gasteiger partial charge on any atom is -0.496 e. The lowest BCUT2D eigenvalue weighted by atomic mass is 10.1. The second kappa shape index (κ2) is 7.23. The number of hydrogen-bond acceptors (Lipinski definition) is 4. The van der Waals surface area contributed by atoms with Crippen LogP contribution in [0.4, 0.5) is 5.69 Å². The SMILES string of the molecule is COc1ccc(S(=O)(=O)N2c3ccccc3C[C@@H]2C)cc1C(=O)NC(C)C. The fourth-order valence-electron chi connectivity index (χ4n) is 3.38. The second-order valence-electron chi connectivity index (χ2n) is 6.97. The lowest BCUT2D eigenvalue weighted by molar-refractivity contribution is 0.0940. The number of sulfonamides is 1. The Labute approximate surface area is 160 Å². The van der Waals surface area contributed by atoms with E-state index in [9.17, 15) is 13.2 Å². The van der Waals surface area contributed by atoms with Crippen molar-refractivity contribution in [3.63, 3.8) is 0 Å². The number of hydrogen-bond donors (Lipinski definition) is 1. The van der Waals surface area contributed by atoms with Crippen molar-refractivity contribution in [2.75, 3.05) is 11.4 Å². The number of anilines is 1. The molecule has 1 amide bonds. The molecule has 0 spiro atoms. The fraction of sp³-hybridized carbons (Fsp3) is 0.350. The molecule has 7 heteroatoms. The number of para-hydroxylation sites is 1. The van der Waals surface area contributed by atoms with Gasteiger partial charge in [-0.3, -0.25) is 9.10 Å². The maximum Gasteiger partial charge on any atom is 0.264 e. The normalized spacial score (nSPS) is 16.3. The minimum atomic E-state index is -3.81. The van der Waals surface area contributed by atoms with Gasteiger partial charge in [-0.1, -0.05) is 18.2 Å². The molecule has 1 atom stereocenters. The first-order chi connectivity index (χ1) is 12.8. The van der Waals surface area contributed by atoms with E-state index in [1.54, 1.807) is 0 Å². The Morgan fingerprint density at radius 2 is 1.93 bits per heavy atom. The van der Waals surface area contributed by atoms with E-state index in [0.29, 0.717) is 17.9 Å². The van der Waals surface area contributed by atoms with Crippen molar-refractivity contribution < 1.29 is 17.9 Å². The van der Waals surface area contributed by atoms with Crippen LogP contribution in [0.5, 0.6) is 5.75 Å². The van der Waals surface area contributed by atoms with Crippen LogP contribution in [-0.4, -0.2) is 33.5 Å². The number of methoxy groups -OCH3 is 1. The average molecular weight is 388 g/mol. The van der Waals surface area contributed by atoms with Crippen molar-refractivity contribution in [3.8, 4) is 5.75 Å². The van der Waals surface area contributed by atoms with E-state index < -0.39 is 10.0 Å². The molecule has 0 saturated carbocycles. The predicted molar refractivity (Wildman–Crippen MR) is 105 cm³/mol. The quantitative estimate of drug-likeness (QED) is 0.854. The summed E-state index contributed by atoms with van der Waals surface area (Å²) in [6, 6.07) is 11.6. The van der Waals surface area contributed by atoms with Crippen LogP contribution in [0.25, 0.3) is 0 Å². The van der Waals surface area contributed by atoms with Gasteiger partial charge < -0.3 is 10.1 Å². The Morgan fingerprint density at radius 1 is 1.22 bits per heavy atom. The first-order valence-electron chi connectivity index (χ1n) is 8.87. The minimum absolute atomic E-state index is 0.0701. The van der Waals surface area contributed by atoms with Gasteiger partial charge in [-0.05, 0) is 57.0 Å². The lowest BCUT2D eigenvalue weighted by Crippen LogP contribution is -2.36. The van der Waals surface area contributed by atoms with Gasteiger partial charge in [0.2, 0.25) is 0 Å². The molecule has 0 fully saturated rings. The van der Waals surface area contributed by atoms with Crippen molar-refractivity contribution in [3.05, 3.63) is 53.6 Å². The summed E-state index contributed by atoms with van der Waals surface area (Å²) >= 11 is 0. The van der Waals surface area contributed by atoms with Crippen LogP contribution in [-0.2, 0) is 16.4 Å². The summed E-state index contributed by atoms with van der Waals surface area (Å²) in [6.45, 7) is 5.56. The van der Waals surface area contributed by atoms with Crippen LogP contribution in [0.3, 0.4) is 0 Å². The molecule has 27 heavy (non-hydrogen) atoms. The van der Waals surface area contributed by atoms with E-state index >= 15 is 0 Å². The summed E-state index contributed by atoms with van der Waals surface area (Å²) < 4.78 is 33.4. The van der Waals surface area contributed by atoms with E-state index in [1.807, 2.05) is 45.0 Å². The summed E-state index contributed by atoms with van der Waals surface area (Å²) in [5.41, 5.74) is 1.89. The van der Waals surface area contributed by atoms with Gasteiger partial charge in [0.15, 0.2) is 0 Å². The zero-order chi connectivity index (χ0) is 19.8. The standard InChI is InChI=1S/C20H24N2O4S/c1-13(2)21-20(23)17-12-16(9-10-19(17)26-4)27(24,25)22-14(3)11-15-7-5-6-8-18(15)22/h5-10,12-14H,11H2,1-4H3,(H,21,23)/t14-/m0/s1. The molecular formula is C20H24N2O4S. The van der Waals surface area contributed by atoms with Gasteiger partial charge in [0.25, 0.3) is 15.9 Å². The van der Waals surface area contributed by atoms with E-state index in [1.165, 1.54) is 29.6 Å². The Morgan fingerprint density at radius 3 is 2.59 bits per heavy atom. The Kier molecular flexibility index (Phi) is 5.15. The third-order valence-corrected chi connectivity index (χ3v) is 6.46. The van der Waals surface area contributed by atoms with Crippen molar-refractivity contribution in [1.82, 2.24) is 5.32 Å². The number of carbonyl (C=O) groups excluding carboxylic acids is 1. The number of nitrogens with one attached hydrogen (secondary N) is 1. The maximum atomic E-state index is 13.4. The number of carbonyl (C=O) groups is 1. The Bertz CT molecular complexity index is 970. The van der Waals surface area contributed by atoms with Gasteiger partial charge in [-0.15, -0.1) is 0 Å². The molecule has 0 aliphatic carbocycles. The molecule has 1 heterocycles. The molecule has 1 aliphatic heterocycles. The van der Waals surface area contributed by atoms with Gasteiger partial charge in [-0.25, -0.2) is 8.42 Å². The fourth-order valence-corrected chi connectivity index (χ4v) is 5.10. The molecule has 144 valence electrons. The molecule has 0 unspecified atom stereocenters. The van der Waals surface area contributed by atoms with Gasteiger partial charge >= 0.3 is 0 Å². The smallest absolute Gasteiger partial charge is 0.264 e. The first kappa shape index (κ1) is 19.2. The molecule has 3 rings (SSSR count). The Balaban J connectivity index is 2.07. The zero-order valence-electron chi connectivity index (χ0n) is 15.9. The molecule has 1 aliphatic rings. The average Bonchev–Trinajstić information content (AvgIpc) is 2.96. The molecule has 1 N–H and O–H groups in total. The van der Waals surface area contributed by atoms with E-state index in [-0.39, 0.29) is 28.4 Å². The summed E-state index contributed by atoms with van der Waals surface area (Å²) in [7, 11) is -2.36. The van der Waals surface area contributed by atoms with E-state index in [4.69, 9.17) is 4.74 Å². The van der Waals surface area contributed by atoms with Crippen molar-refractivity contribution >= 4 is 21.6 Å². The highest BCUT2D eigenvalue weighted by Crippen LogP contribution is 2.37. The van der Waals surface area contributed by atoms with Crippen LogP contribution in [0.1, 0.15) is 36.7 Å². The highest BCUT2D eigenvalue weighted by molar-refractivity contribution is 7.92. The highest BCUT2D eigenvalue weighted by atomic mass is 32.2. The van der Waals surface area contributed by atoms with E-state index in [2.05, 4.69) is 5.32 Å². The number of rotatable bonds is 5. The summed E-state index contributed by atoms with van der Waals surface area (Å²) in [4.78, 5) is 12.6. The Hall–Kier alpha value is -2.54. The third kappa shape index (κ3) is 3.51. The van der Waals surface area contributed by atoms with Crippen LogP contribution in [0.15, 0.2) is 47.4 Å². The molecule has 0 radical (unpaired) electrons. The number of fused-ring (bicyclic) bond motifs is 1. The number of nitrogens with zero attached hydrogens (tertiary/aromatic N) is 1. The first-order valence-corrected chi connectivity index (χ1v) is 10.3.